The second kappa shape index (κ2) is 7.90. The topological polar surface area (TPSA) is 44.5 Å². The zero-order valence-corrected chi connectivity index (χ0v) is 14.3. The van der Waals surface area contributed by atoms with Crippen molar-refractivity contribution in [2.24, 2.45) is 5.73 Å². The van der Waals surface area contributed by atoms with Gasteiger partial charge in [-0.15, -0.1) is 25.6 Å². The number of rotatable bonds is 4. The minimum Gasteiger partial charge on any atom is -0.496 e. The molecule has 1 atom stereocenters. The van der Waals surface area contributed by atoms with Crippen LogP contribution in [0.3, 0.4) is 0 Å². The van der Waals surface area contributed by atoms with Crippen LogP contribution >= 0.6 is 28.3 Å². The zero-order valence-electron chi connectivity index (χ0n) is 11.9. The Morgan fingerprint density at radius 3 is 2.22 bits per heavy atom. The summed E-state index contributed by atoms with van der Waals surface area (Å²) >= 11 is 3.35. The summed E-state index contributed by atoms with van der Waals surface area (Å²) in [5.74, 6) is 0.316. The molecule has 3 nitrogen and oxygen atoms in total. The van der Waals surface area contributed by atoms with E-state index in [-0.39, 0.29) is 18.2 Å². The van der Waals surface area contributed by atoms with Crippen molar-refractivity contribution in [1.82, 2.24) is 0 Å². The first kappa shape index (κ1) is 19.6. The maximum Gasteiger partial charge on any atom is 0.573 e. The first-order valence-electron chi connectivity index (χ1n) is 6.25. The molecular formula is C15H14BrClF3NO2. The van der Waals surface area contributed by atoms with Crippen LogP contribution in [0.4, 0.5) is 13.2 Å². The van der Waals surface area contributed by atoms with E-state index in [0.29, 0.717) is 11.3 Å². The van der Waals surface area contributed by atoms with Gasteiger partial charge < -0.3 is 15.2 Å². The number of methoxy groups -OCH3 is 1. The molecule has 2 aromatic carbocycles. The lowest BCUT2D eigenvalue weighted by atomic mass is 9.99. The molecule has 0 aliphatic carbocycles. The zero-order chi connectivity index (χ0) is 16.3. The Balaban J connectivity index is 0.00000264. The average Bonchev–Trinajstić information content (AvgIpc) is 2.45. The summed E-state index contributed by atoms with van der Waals surface area (Å²) in [6.45, 7) is 0. The summed E-state index contributed by atoms with van der Waals surface area (Å²) < 4.78 is 46.3. The summed E-state index contributed by atoms with van der Waals surface area (Å²) in [6.07, 6.45) is -4.71. The van der Waals surface area contributed by atoms with Gasteiger partial charge in [0, 0.05) is 10.0 Å². The highest BCUT2D eigenvalue weighted by Crippen LogP contribution is 2.32. The predicted molar refractivity (Wildman–Crippen MR) is 87.1 cm³/mol. The summed E-state index contributed by atoms with van der Waals surface area (Å²) in [4.78, 5) is 0. The second-order valence-electron chi connectivity index (χ2n) is 4.48. The molecule has 0 radical (unpaired) electrons. The molecule has 0 heterocycles. The monoisotopic (exact) mass is 411 g/mol. The third-order valence-electron chi connectivity index (χ3n) is 3.00. The van der Waals surface area contributed by atoms with E-state index < -0.39 is 12.4 Å². The number of hydrogen-bond acceptors (Lipinski definition) is 3. The maximum absolute atomic E-state index is 12.1. The van der Waals surface area contributed by atoms with E-state index in [1.165, 1.54) is 31.4 Å². The van der Waals surface area contributed by atoms with Gasteiger partial charge in [0.25, 0.3) is 0 Å². The molecule has 2 aromatic rings. The molecular weight excluding hydrogens is 399 g/mol. The van der Waals surface area contributed by atoms with Gasteiger partial charge in [0.1, 0.15) is 11.5 Å². The van der Waals surface area contributed by atoms with Gasteiger partial charge in [-0.05, 0) is 35.9 Å². The minimum atomic E-state index is -4.71. The normalized spacial score (nSPS) is 12.3. The van der Waals surface area contributed by atoms with Crippen molar-refractivity contribution < 1.29 is 22.6 Å². The number of ether oxygens (including phenoxy) is 2. The fraction of sp³-hybridized carbons (Fsp3) is 0.200. The molecule has 0 aliphatic heterocycles. The number of benzene rings is 2. The lowest BCUT2D eigenvalue weighted by Crippen LogP contribution is -2.17. The molecule has 0 saturated carbocycles. The van der Waals surface area contributed by atoms with Crippen molar-refractivity contribution >= 4 is 28.3 Å². The van der Waals surface area contributed by atoms with Gasteiger partial charge in [0.15, 0.2) is 0 Å². The van der Waals surface area contributed by atoms with Gasteiger partial charge >= 0.3 is 6.36 Å². The highest BCUT2D eigenvalue weighted by Gasteiger charge is 2.31. The molecule has 0 unspecified atom stereocenters. The third-order valence-corrected chi connectivity index (χ3v) is 3.49. The van der Waals surface area contributed by atoms with Gasteiger partial charge in [-0.3, -0.25) is 0 Å². The number of nitrogens with two attached hydrogens (primary N) is 1. The lowest BCUT2D eigenvalue weighted by molar-refractivity contribution is -0.274. The van der Waals surface area contributed by atoms with Crippen molar-refractivity contribution in [2.75, 3.05) is 7.11 Å². The lowest BCUT2D eigenvalue weighted by Gasteiger charge is -2.17. The fourth-order valence-corrected chi connectivity index (χ4v) is 2.38. The van der Waals surface area contributed by atoms with Gasteiger partial charge in [-0.2, -0.15) is 0 Å². The van der Waals surface area contributed by atoms with E-state index in [4.69, 9.17) is 10.5 Å². The smallest absolute Gasteiger partial charge is 0.496 e. The first-order valence-corrected chi connectivity index (χ1v) is 7.04. The molecule has 0 aliphatic rings. The summed E-state index contributed by atoms with van der Waals surface area (Å²) in [7, 11) is 1.53. The van der Waals surface area contributed by atoms with Crippen molar-refractivity contribution in [1.29, 1.82) is 0 Å². The van der Waals surface area contributed by atoms with E-state index in [9.17, 15) is 13.2 Å². The predicted octanol–water partition coefficient (Wildman–Crippen LogP) is 4.83. The molecule has 2 rings (SSSR count). The van der Waals surface area contributed by atoms with Crippen molar-refractivity contribution in [3.05, 3.63) is 58.1 Å². The van der Waals surface area contributed by atoms with E-state index in [1.54, 1.807) is 6.07 Å². The van der Waals surface area contributed by atoms with Crippen LogP contribution in [0.15, 0.2) is 46.9 Å². The van der Waals surface area contributed by atoms with Gasteiger partial charge in [-0.25, -0.2) is 0 Å². The summed E-state index contributed by atoms with van der Waals surface area (Å²) in [5.41, 5.74) is 7.54. The standard InChI is InChI=1S/C15H13BrF3NO2.ClH/c1-21-13-7-4-10(16)8-12(13)14(20)9-2-5-11(6-3-9)22-15(17,18)19;/h2-8,14H,20H2,1H3;1H/t14-;/m1./s1. The van der Waals surface area contributed by atoms with Crippen molar-refractivity contribution in [3.8, 4) is 11.5 Å². The van der Waals surface area contributed by atoms with Crippen LogP contribution in [0.25, 0.3) is 0 Å². The van der Waals surface area contributed by atoms with Crippen LogP contribution in [-0.4, -0.2) is 13.5 Å². The largest absolute Gasteiger partial charge is 0.573 e. The molecule has 0 saturated heterocycles. The Labute approximate surface area is 146 Å². The molecule has 0 fully saturated rings. The minimum absolute atomic E-state index is 0. The quantitative estimate of drug-likeness (QED) is 0.782. The van der Waals surface area contributed by atoms with Crippen molar-refractivity contribution in [2.45, 2.75) is 12.4 Å². The molecule has 0 bridgehead atoms. The third kappa shape index (κ3) is 5.30. The van der Waals surface area contributed by atoms with Crippen molar-refractivity contribution in [3.63, 3.8) is 0 Å². The molecule has 0 amide bonds. The molecule has 2 N–H and O–H groups in total. The van der Waals surface area contributed by atoms with Gasteiger partial charge in [0.2, 0.25) is 0 Å². The van der Waals surface area contributed by atoms with Crippen LogP contribution in [0, 0.1) is 0 Å². The number of halogens is 5. The SMILES string of the molecule is COc1ccc(Br)cc1[C@H](N)c1ccc(OC(F)(F)F)cc1.Cl. The average molecular weight is 413 g/mol. The Kier molecular flexibility index (Phi) is 6.73. The van der Waals surface area contributed by atoms with Gasteiger partial charge in [-0.1, -0.05) is 28.1 Å². The number of hydrogen-bond donors (Lipinski definition) is 1. The molecule has 8 heteroatoms. The maximum atomic E-state index is 12.1. The molecule has 0 aromatic heterocycles. The van der Waals surface area contributed by atoms with E-state index >= 15 is 0 Å². The van der Waals surface area contributed by atoms with E-state index in [1.807, 2.05) is 12.1 Å². The Morgan fingerprint density at radius 1 is 1.09 bits per heavy atom. The second-order valence-corrected chi connectivity index (χ2v) is 5.40. The van der Waals surface area contributed by atoms with Crippen LogP contribution < -0.4 is 15.2 Å². The van der Waals surface area contributed by atoms with E-state index in [0.717, 1.165) is 10.0 Å². The molecule has 0 spiro atoms. The van der Waals surface area contributed by atoms with Crippen LogP contribution in [0.2, 0.25) is 0 Å². The highest BCUT2D eigenvalue weighted by atomic mass is 79.9. The Bertz CT molecular complexity index is 650. The van der Waals surface area contributed by atoms with Crippen LogP contribution in [0.5, 0.6) is 11.5 Å². The summed E-state index contributed by atoms with van der Waals surface area (Å²) in [6, 6.07) is 10.3. The van der Waals surface area contributed by atoms with Gasteiger partial charge in [0.05, 0.1) is 13.2 Å². The summed E-state index contributed by atoms with van der Waals surface area (Å²) in [5, 5.41) is 0. The first-order chi connectivity index (χ1) is 10.3. The Morgan fingerprint density at radius 2 is 1.70 bits per heavy atom. The van der Waals surface area contributed by atoms with Crippen LogP contribution in [0.1, 0.15) is 17.2 Å². The highest BCUT2D eigenvalue weighted by molar-refractivity contribution is 9.10. The van der Waals surface area contributed by atoms with Crippen LogP contribution in [-0.2, 0) is 0 Å². The molecule has 23 heavy (non-hydrogen) atoms. The Hall–Kier alpha value is -1.44. The van der Waals surface area contributed by atoms with E-state index in [2.05, 4.69) is 20.7 Å². The molecule has 126 valence electrons. The number of alkyl halides is 3. The fourth-order valence-electron chi connectivity index (χ4n) is 2.00.